The first kappa shape index (κ1) is 19.5. The Labute approximate surface area is 149 Å². The molecule has 142 valence electrons. The maximum atomic E-state index is 13.1. The maximum Gasteiger partial charge on any atom is 0.408 e. The van der Waals surface area contributed by atoms with Crippen molar-refractivity contribution in [1.82, 2.24) is 15.5 Å². The zero-order valence-corrected chi connectivity index (χ0v) is 15.8. The molecule has 1 aliphatic carbocycles. The molecule has 1 saturated carbocycles. The van der Waals surface area contributed by atoms with Crippen LogP contribution in [0.1, 0.15) is 59.3 Å². The summed E-state index contributed by atoms with van der Waals surface area (Å²) in [4.78, 5) is 39.0. The van der Waals surface area contributed by atoms with E-state index in [4.69, 9.17) is 4.74 Å². The van der Waals surface area contributed by atoms with Gasteiger partial charge in [0, 0.05) is 13.6 Å². The van der Waals surface area contributed by atoms with E-state index in [-0.39, 0.29) is 17.9 Å². The largest absolute Gasteiger partial charge is 0.446 e. The zero-order valence-electron chi connectivity index (χ0n) is 15.8. The summed E-state index contributed by atoms with van der Waals surface area (Å²) in [6.45, 7) is 6.23. The van der Waals surface area contributed by atoms with Crippen molar-refractivity contribution in [1.29, 1.82) is 0 Å². The number of likely N-dealkylation sites (N-methyl/N-ethyl adjacent to an activating group) is 1. The highest BCUT2D eigenvalue weighted by molar-refractivity contribution is 5.92. The number of likely N-dealkylation sites (tertiary alicyclic amines) is 1. The monoisotopic (exact) mass is 353 g/mol. The van der Waals surface area contributed by atoms with Crippen LogP contribution in [0, 0.1) is 5.41 Å². The van der Waals surface area contributed by atoms with Crippen LogP contribution in [0.25, 0.3) is 0 Å². The highest BCUT2D eigenvalue weighted by atomic mass is 16.6. The minimum atomic E-state index is -0.730. The summed E-state index contributed by atoms with van der Waals surface area (Å²) in [7, 11) is 1.57. The Morgan fingerprint density at radius 3 is 2.28 bits per heavy atom. The minimum Gasteiger partial charge on any atom is -0.446 e. The van der Waals surface area contributed by atoms with Crippen LogP contribution in [0.3, 0.4) is 0 Å². The van der Waals surface area contributed by atoms with Gasteiger partial charge in [0.15, 0.2) is 0 Å². The molecule has 0 radical (unpaired) electrons. The first-order chi connectivity index (χ1) is 11.7. The molecule has 2 N–H and O–H groups in total. The number of amides is 3. The second-order valence-electron chi connectivity index (χ2n) is 8.06. The molecular weight excluding hydrogens is 322 g/mol. The summed E-state index contributed by atoms with van der Waals surface area (Å²) in [6.07, 6.45) is 4.74. The van der Waals surface area contributed by atoms with Crippen LogP contribution in [-0.4, -0.2) is 54.6 Å². The van der Waals surface area contributed by atoms with Gasteiger partial charge in [0.25, 0.3) is 0 Å². The predicted molar refractivity (Wildman–Crippen MR) is 93.9 cm³/mol. The van der Waals surface area contributed by atoms with Crippen LogP contribution in [0.2, 0.25) is 0 Å². The molecule has 0 bridgehead atoms. The quantitative estimate of drug-likeness (QED) is 0.807. The summed E-state index contributed by atoms with van der Waals surface area (Å²) in [6, 6.07) is -1.19. The van der Waals surface area contributed by atoms with Crippen LogP contribution in [0.5, 0.6) is 0 Å². The standard InChI is InChI=1S/C18H31N3O4/c1-18(2,3)14(20-17(24)25-12-8-5-6-9-12)16(23)21-11-7-10-13(21)15(22)19-4/h12-14H,5-11H2,1-4H3,(H,19,22)(H,20,24)/t13-,14+/m0/s1. The van der Waals surface area contributed by atoms with Crippen molar-refractivity contribution in [2.45, 2.75) is 77.5 Å². The number of hydrogen-bond acceptors (Lipinski definition) is 4. The van der Waals surface area contributed by atoms with Crippen molar-refractivity contribution in [2.75, 3.05) is 13.6 Å². The number of alkyl carbamates (subject to hydrolysis) is 1. The van der Waals surface area contributed by atoms with Crippen molar-refractivity contribution < 1.29 is 19.1 Å². The summed E-state index contributed by atoms with van der Waals surface area (Å²) in [5.74, 6) is -0.381. The summed E-state index contributed by atoms with van der Waals surface area (Å²) < 4.78 is 5.45. The lowest BCUT2D eigenvalue weighted by Crippen LogP contribution is -2.57. The predicted octanol–water partition coefficient (Wildman–Crippen LogP) is 1.81. The number of carbonyl (C=O) groups is 3. The molecule has 0 aromatic carbocycles. The zero-order chi connectivity index (χ0) is 18.6. The SMILES string of the molecule is CNC(=O)[C@@H]1CCCN1C(=O)[C@@H](NC(=O)OC1CCCC1)C(C)(C)C. The van der Waals surface area contributed by atoms with Gasteiger partial charge in [-0.25, -0.2) is 4.79 Å². The van der Waals surface area contributed by atoms with Gasteiger partial charge in [0.1, 0.15) is 18.2 Å². The molecule has 3 amide bonds. The van der Waals surface area contributed by atoms with Crippen molar-refractivity contribution in [3.05, 3.63) is 0 Å². The average Bonchev–Trinajstić information content (AvgIpc) is 3.21. The second-order valence-corrected chi connectivity index (χ2v) is 8.06. The Morgan fingerprint density at radius 2 is 1.72 bits per heavy atom. The van der Waals surface area contributed by atoms with Gasteiger partial charge in [-0.05, 0) is 43.9 Å². The van der Waals surface area contributed by atoms with Gasteiger partial charge in [-0.2, -0.15) is 0 Å². The van der Waals surface area contributed by atoms with E-state index < -0.39 is 23.6 Å². The number of ether oxygens (including phenoxy) is 1. The highest BCUT2D eigenvalue weighted by Gasteiger charge is 2.42. The van der Waals surface area contributed by atoms with Gasteiger partial charge in [0.2, 0.25) is 11.8 Å². The van der Waals surface area contributed by atoms with Crippen LogP contribution in [-0.2, 0) is 14.3 Å². The van der Waals surface area contributed by atoms with Gasteiger partial charge in [-0.1, -0.05) is 20.8 Å². The number of nitrogens with one attached hydrogen (secondary N) is 2. The Balaban J connectivity index is 2.06. The molecule has 2 rings (SSSR count). The third-order valence-electron chi connectivity index (χ3n) is 5.04. The molecule has 25 heavy (non-hydrogen) atoms. The van der Waals surface area contributed by atoms with Gasteiger partial charge in [-0.3, -0.25) is 9.59 Å². The van der Waals surface area contributed by atoms with Crippen molar-refractivity contribution >= 4 is 17.9 Å². The van der Waals surface area contributed by atoms with Crippen LogP contribution < -0.4 is 10.6 Å². The van der Waals surface area contributed by atoms with Gasteiger partial charge < -0.3 is 20.3 Å². The Bertz CT molecular complexity index is 509. The lowest BCUT2D eigenvalue weighted by Gasteiger charge is -2.35. The van der Waals surface area contributed by atoms with Gasteiger partial charge >= 0.3 is 6.09 Å². The van der Waals surface area contributed by atoms with Crippen LogP contribution >= 0.6 is 0 Å². The molecule has 2 fully saturated rings. The van der Waals surface area contributed by atoms with E-state index in [2.05, 4.69) is 10.6 Å². The van der Waals surface area contributed by atoms with E-state index in [0.717, 1.165) is 32.1 Å². The molecule has 0 aromatic rings. The number of nitrogens with zero attached hydrogens (tertiary/aromatic N) is 1. The third-order valence-corrected chi connectivity index (χ3v) is 5.04. The van der Waals surface area contributed by atoms with E-state index in [1.54, 1.807) is 11.9 Å². The first-order valence-corrected chi connectivity index (χ1v) is 9.23. The van der Waals surface area contributed by atoms with E-state index in [1.165, 1.54) is 0 Å². The van der Waals surface area contributed by atoms with Gasteiger partial charge in [0.05, 0.1) is 0 Å². The normalized spacial score (nSPS) is 22.6. The van der Waals surface area contributed by atoms with E-state index in [0.29, 0.717) is 13.0 Å². The van der Waals surface area contributed by atoms with E-state index in [9.17, 15) is 14.4 Å². The molecule has 0 unspecified atom stereocenters. The van der Waals surface area contributed by atoms with E-state index in [1.807, 2.05) is 20.8 Å². The Kier molecular flexibility index (Phi) is 6.30. The number of rotatable bonds is 4. The van der Waals surface area contributed by atoms with Crippen LogP contribution in [0.15, 0.2) is 0 Å². The molecule has 7 heteroatoms. The highest BCUT2D eigenvalue weighted by Crippen LogP contribution is 2.26. The average molecular weight is 353 g/mol. The number of hydrogen-bond donors (Lipinski definition) is 2. The lowest BCUT2D eigenvalue weighted by molar-refractivity contribution is -0.141. The summed E-state index contributed by atoms with van der Waals surface area (Å²) in [5, 5.41) is 5.37. The summed E-state index contributed by atoms with van der Waals surface area (Å²) >= 11 is 0. The maximum absolute atomic E-state index is 13.1. The smallest absolute Gasteiger partial charge is 0.408 e. The molecule has 2 atom stereocenters. The second kappa shape index (κ2) is 8.06. The fourth-order valence-electron chi connectivity index (χ4n) is 3.59. The number of carbonyl (C=O) groups excluding carboxylic acids is 3. The van der Waals surface area contributed by atoms with E-state index >= 15 is 0 Å². The fraction of sp³-hybridized carbons (Fsp3) is 0.833. The molecule has 0 aromatic heterocycles. The molecule has 1 heterocycles. The Hall–Kier alpha value is -1.79. The molecule has 2 aliphatic rings. The van der Waals surface area contributed by atoms with Crippen molar-refractivity contribution in [2.24, 2.45) is 5.41 Å². The lowest BCUT2D eigenvalue weighted by atomic mass is 9.85. The van der Waals surface area contributed by atoms with Gasteiger partial charge in [-0.15, -0.1) is 0 Å². The third kappa shape index (κ3) is 4.86. The Morgan fingerprint density at radius 1 is 1.08 bits per heavy atom. The molecule has 0 spiro atoms. The topological polar surface area (TPSA) is 87.7 Å². The molecule has 1 saturated heterocycles. The fourth-order valence-corrected chi connectivity index (χ4v) is 3.59. The molecular formula is C18H31N3O4. The van der Waals surface area contributed by atoms with Crippen molar-refractivity contribution in [3.8, 4) is 0 Å². The summed E-state index contributed by atoms with van der Waals surface area (Å²) in [5.41, 5.74) is -0.485. The minimum absolute atomic E-state index is 0.0545. The molecule has 7 nitrogen and oxygen atoms in total. The first-order valence-electron chi connectivity index (χ1n) is 9.23. The molecule has 1 aliphatic heterocycles. The van der Waals surface area contributed by atoms with Crippen LogP contribution in [0.4, 0.5) is 4.79 Å². The van der Waals surface area contributed by atoms with Crippen molar-refractivity contribution in [3.63, 3.8) is 0 Å².